The van der Waals surface area contributed by atoms with Crippen molar-refractivity contribution in [2.24, 2.45) is 5.92 Å². The van der Waals surface area contributed by atoms with Gasteiger partial charge >= 0.3 is 0 Å². The van der Waals surface area contributed by atoms with Crippen LogP contribution in [0.5, 0.6) is 11.5 Å². The van der Waals surface area contributed by atoms with E-state index in [2.05, 4.69) is 31.2 Å². The molecule has 0 aliphatic heterocycles. The minimum absolute atomic E-state index is 0.276. The number of nitrogens with one attached hydrogen (secondary N) is 1. The molecule has 0 aliphatic carbocycles. The van der Waals surface area contributed by atoms with Crippen LogP contribution in [0.1, 0.15) is 50.4 Å². The van der Waals surface area contributed by atoms with Gasteiger partial charge in [-0.1, -0.05) is 38.8 Å². The third kappa shape index (κ3) is 5.89. The third-order valence-corrected chi connectivity index (χ3v) is 4.40. The number of ether oxygens (including phenoxy) is 2. The number of rotatable bonds is 10. The maximum Gasteiger partial charge on any atom is 0.257 e. The molecule has 2 rings (SSSR count). The van der Waals surface area contributed by atoms with Crippen molar-refractivity contribution in [3.63, 3.8) is 0 Å². The minimum Gasteiger partial charge on any atom is -0.493 e. The zero-order valence-corrected chi connectivity index (χ0v) is 17.2. The molecule has 0 saturated heterocycles. The van der Waals surface area contributed by atoms with Crippen molar-refractivity contribution in [1.82, 2.24) is 9.78 Å². The van der Waals surface area contributed by atoms with Crippen LogP contribution in [-0.2, 0) is 6.54 Å². The Kier molecular flexibility index (Phi) is 7.98. The van der Waals surface area contributed by atoms with Crippen molar-refractivity contribution in [2.75, 3.05) is 19.0 Å². The Labute approximate surface area is 165 Å². The number of carbonyl (C=O) groups excluding carboxylic acids is 1. The van der Waals surface area contributed by atoms with Crippen molar-refractivity contribution >= 4 is 23.3 Å². The molecule has 0 aliphatic rings. The predicted molar refractivity (Wildman–Crippen MR) is 108 cm³/mol. The first-order valence-electron chi connectivity index (χ1n) is 9.29. The number of hydrogen-bond acceptors (Lipinski definition) is 4. The lowest BCUT2D eigenvalue weighted by atomic mass is 10.1. The number of halogens is 1. The highest BCUT2D eigenvalue weighted by Gasteiger charge is 2.17. The van der Waals surface area contributed by atoms with Crippen LogP contribution >= 0.6 is 11.6 Å². The first kappa shape index (κ1) is 21.1. The average molecular weight is 394 g/mol. The van der Waals surface area contributed by atoms with Crippen LogP contribution in [0.15, 0.2) is 24.4 Å². The van der Waals surface area contributed by atoms with Gasteiger partial charge in [-0.3, -0.25) is 4.79 Å². The van der Waals surface area contributed by atoms with Gasteiger partial charge in [0.05, 0.1) is 24.9 Å². The molecule has 6 nitrogen and oxygen atoms in total. The predicted octanol–water partition coefficient (Wildman–Crippen LogP) is 5.02. The number of nitrogens with zero attached hydrogens (tertiary/aromatic N) is 2. The van der Waals surface area contributed by atoms with Crippen molar-refractivity contribution < 1.29 is 14.3 Å². The lowest BCUT2D eigenvalue weighted by Crippen LogP contribution is -2.16. The molecular weight excluding hydrogens is 366 g/mol. The highest BCUT2D eigenvalue weighted by Crippen LogP contribution is 2.36. The number of aryl methyl sites for hydroxylation is 1. The Morgan fingerprint density at radius 3 is 2.81 bits per heavy atom. The van der Waals surface area contributed by atoms with E-state index in [0.717, 1.165) is 25.8 Å². The van der Waals surface area contributed by atoms with Gasteiger partial charge in [0, 0.05) is 18.2 Å². The molecule has 0 radical (unpaired) electrons. The summed E-state index contributed by atoms with van der Waals surface area (Å²) in [6.07, 6.45) is 4.62. The molecule has 0 atom stereocenters. The Bertz CT molecular complexity index is 759. The summed E-state index contributed by atoms with van der Waals surface area (Å²) in [6, 6.07) is 5.01. The summed E-state index contributed by atoms with van der Waals surface area (Å²) in [5, 5.41) is 7.47. The molecule has 7 heteroatoms. The average Bonchev–Trinajstić information content (AvgIpc) is 3.07. The van der Waals surface area contributed by atoms with Crippen LogP contribution in [0.2, 0.25) is 5.02 Å². The second kappa shape index (κ2) is 10.2. The summed E-state index contributed by atoms with van der Waals surface area (Å²) in [7, 11) is 1.53. The Morgan fingerprint density at radius 2 is 2.15 bits per heavy atom. The minimum atomic E-state index is -0.276. The summed E-state index contributed by atoms with van der Waals surface area (Å²) in [5.41, 5.74) is 0.399. The molecule has 1 aromatic heterocycles. The highest BCUT2D eigenvalue weighted by molar-refractivity contribution is 6.32. The molecule has 1 aromatic carbocycles. The molecule has 27 heavy (non-hydrogen) atoms. The molecule has 2 aromatic rings. The molecule has 0 unspecified atom stereocenters. The largest absolute Gasteiger partial charge is 0.493 e. The quantitative estimate of drug-likeness (QED) is 0.615. The van der Waals surface area contributed by atoms with Crippen molar-refractivity contribution in [2.45, 2.75) is 46.6 Å². The van der Waals surface area contributed by atoms with Gasteiger partial charge in [0.25, 0.3) is 5.91 Å². The van der Waals surface area contributed by atoms with Gasteiger partial charge in [-0.15, -0.1) is 0 Å². The number of amides is 1. The monoisotopic (exact) mass is 393 g/mol. The molecule has 0 fully saturated rings. The summed E-state index contributed by atoms with van der Waals surface area (Å²) >= 11 is 6.35. The fourth-order valence-corrected chi connectivity index (χ4v) is 2.77. The zero-order valence-electron chi connectivity index (χ0n) is 16.4. The maximum atomic E-state index is 12.7. The van der Waals surface area contributed by atoms with Crippen molar-refractivity contribution in [3.8, 4) is 11.5 Å². The number of hydrogen-bond donors (Lipinski definition) is 1. The maximum absolute atomic E-state index is 12.7. The zero-order chi connectivity index (χ0) is 19.8. The smallest absolute Gasteiger partial charge is 0.257 e. The van der Waals surface area contributed by atoms with Crippen molar-refractivity contribution in [1.29, 1.82) is 0 Å². The van der Waals surface area contributed by atoms with Gasteiger partial charge < -0.3 is 14.8 Å². The van der Waals surface area contributed by atoms with Gasteiger partial charge in [0.15, 0.2) is 11.5 Å². The number of benzene rings is 1. The van der Waals surface area contributed by atoms with Gasteiger partial charge in [-0.25, -0.2) is 4.68 Å². The SMILES string of the molecule is CCCCn1nccc1NC(=O)c1cc(Cl)c(OCCC(C)C)c(OC)c1. The van der Waals surface area contributed by atoms with E-state index in [9.17, 15) is 4.79 Å². The highest BCUT2D eigenvalue weighted by atomic mass is 35.5. The lowest BCUT2D eigenvalue weighted by molar-refractivity contribution is 0.102. The molecule has 148 valence electrons. The van der Waals surface area contributed by atoms with E-state index in [4.69, 9.17) is 21.1 Å². The van der Waals surface area contributed by atoms with Gasteiger partial charge in [-0.2, -0.15) is 5.10 Å². The van der Waals surface area contributed by atoms with E-state index in [1.54, 1.807) is 29.1 Å². The molecule has 1 N–H and O–H groups in total. The van der Waals surface area contributed by atoms with Crippen molar-refractivity contribution in [3.05, 3.63) is 35.0 Å². The number of aromatic nitrogens is 2. The number of unbranched alkanes of at least 4 members (excludes halogenated alkanes) is 1. The van der Waals surface area contributed by atoms with Crippen LogP contribution in [0, 0.1) is 5.92 Å². The van der Waals surface area contributed by atoms with E-state index < -0.39 is 0 Å². The number of carbonyl (C=O) groups is 1. The molecular formula is C20H28ClN3O3. The molecule has 0 spiro atoms. The second-order valence-corrected chi connectivity index (χ2v) is 7.17. The molecule has 0 saturated carbocycles. The number of anilines is 1. The standard InChI is InChI=1S/C20H28ClN3O3/c1-5-6-10-24-18(7-9-22-24)23-20(25)15-12-16(21)19(17(13-15)26-4)27-11-8-14(2)3/h7,9,12-14H,5-6,8,10-11H2,1-4H3,(H,23,25). The summed E-state index contributed by atoms with van der Waals surface area (Å²) in [5.74, 6) is 1.81. The van der Waals surface area contributed by atoms with E-state index in [1.807, 2.05) is 0 Å². The first-order valence-corrected chi connectivity index (χ1v) is 9.67. The van der Waals surface area contributed by atoms with Crippen LogP contribution in [0.25, 0.3) is 0 Å². The van der Waals surface area contributed by atoms with Gasteiger partial charge in [0.2, 0.25) is 0 Å². The first-order chi connectivity index (χ1) is 13.0. The summed E-state index contributed by atoms with van der Waals surface area (Å²) in [4.78, 5) is 12.7. The Morgan fingerprint density at radius 1 is 1.37 bits per heavy atom. The van der Waals surface area contributed by atoms with Crippen LogP contribution in [0.4, 0.5) is 5.82 Å². The Hall–Kier alpha value is -2.21. The van der Waals surface area contributed by atoms with Crippen LogP contribution in [0.3, 0.4) is 0 Å². The fourth-order valence-electron chi connectivity index (χ4n) is 2.50. The van der Waals surface area contributed by atoms with Crippen LogP contribution < -0.4 is 14.8 Å². The molecule has 1 amide bonds. The topological polar surface area (TPSA) is 65.4 Å². The fraction of sp³-hybridized carbons (Fsp3) is 0.500. The van der Waals surface area contributed by atoms with E-state index >= 15 is 0 Å². The number of methoxy groups -OCH3 is 1. The van der Waals surface area contributed by atoms with Gasteiger partial charge in [-0.05, 0) is 30.9 Å². The van der Waals surface area contributed by atoms with E-state index in [1.165, 1.54) is 7.11 Å². The van der Waals surface area contributed by atoms with Crippen LogP contribution in [-0.4, -0.2) is 29.4 Å². The third-order valence-electron chi connectivity index (χ3n) is 4.11. The van der Waals surface area contributed by atoms with E-state index in [-0.39, 0.29) is 5.91 Å². The van der Waals surface area contributed by atoms with Gasteiger partial charge in [0.1, 0.15) is 5.82 Å². The van der Waals surface area contributed by atoms with E-state index in [0.29, 0.717) is 40.4 Å². The summed E-state index contributed by atoms with van der Waals surface area (Å²) < 4.78 is 12.9. The molecule has 0 bridgehead atoms. The molecule has 1 heterocycles. The normalized spacial score (nSPS) is 10.9. The second-order valence-electron chi connectivity index (χ2n) is 6.77. The lowest BCUT2D eigenvalue weighted by Gasteiger charge is -2.15. The summed E-state index contributed by atoms with van der Waals surface area (Å²) in [6.45, 7) is 7.66. The Balaban J connectivity index is 2.15.